The van der Waals surface area contributed by atoms with Crippen LogP contribution in [0.3, 0.4) is 0 Å². The number of rotatable bonds is 3. The molecular formula is C14H20N4O2. The lowest BCUT2D eigenvalue weighted by atomic mass is 9.96. The molecule has 1 heterocycles. The van der Waals surface area contributed by atoms with Gasteiger partial charge in [-0.15, -0.1) is 0 Å². The average molecular weight is 276 g/mol. The van der Waals surface area contributed by atoms with Crippen LogP contribution in [0.5, 0.6) is 0 Å². The lowest BCUT2D eigenvalue weighted by Crippen LogP contribution is -2.41. The van der Waals surface area contributed by atoms with E-state index < -0.39 is 0 Å². The van der Waals surface area contributed by atoms with Crippen LogP contribution in [0.1, 0.15) is 23.2 Å². The van der Waals surface area contributed by atoms with Crippen molar-refractivity contribution in [1.82, 2.24) is 5.32 Å². The van der Waals surface area contributed by atoms with Gasteiger partial charge in [-0.1, -0.05) is 0 Å². The van der Waals surface area contributed by atoms with Crippen LogP contribution in [0.15, 0.2) is 18.2 Å². The largest absolute Gasteiger partial charge is 0.397 e. The minimum absolute atomic E-state index is 0.137. The summed E-state index contributed by atoms with van der Waals surface area (Å²) in [5.74, 6) is -0.575. The first-order valence-electron chi connectivity index (χ1n) is 6.68. The highest BCUT2D eigenvalue weighted by Crippen LogP contribution is 2.28. The molecule has 1 unspecified atom stereocenters. The Kier molecular flexibility index (Phi) is 4.12. The number of anilines is 2. The zero-order chi connectivity index (χ0) is 14.7. The monoisotopic (exact) mass is 276 g/mol. The van der Waals surface area contributed by atoms with Crippen LogP contribution in [0.4, 0.5) is 11.4 Å². The van der Waals surface area contributed by atoms with Gasteiger partial charge in [0, 0.05) is 25.7 Å². The van der Waals surface area contributed by atoms with E-state index in [0.717, 1.165) is 25.1 Å². The molecule has 20 heavy (non-hydrogen) atoms. The minimum atomic E-state index is -0.268. The molecule has 6 heteroatoms. The van der Waals surface area contributed by atoms with Gasteiger partial charge in [-0.25, -0.2) is 0 Å². The maximum atomic E-state index is 11.6. The number of amides is 2. The lowest BCUT2D eigenvalue weighted by molar-refractivity contribution is -0.122. The summed E-state index contributed by atoms with van der Waals surface area (Å²) in [6, 6.07) is 5.21. The molecule has 6 nitrogen and oxygen atoms in total. The highest BCUT2D eigenvalue weighted by molar-refractivity contribution is 5.96. The summed E-state index contributed by atoms with van der Waals surface area (Å²) in [5, 5.41) is 2.56. The molecule has 1 saturated heterocycles. The third-order valence-corrected chi connectivity index (χ3v) is 3.68. The van der Waals surface area contributed by atoms with Crippen molar-refractivity contribution in [2.45, 2.75) is 12.8 Å². The number of carbonyl (C=O) groups excluding carboxylic acids is 2. The number of hydrogen-bond acceptors (Lipinski definition) is 4. The third-order valence-electron chi connectivity index (χ3n) is 3.68. The second-order valence-corrected chi connectivity index (χ2v) is 5.04. The molecule has 0 radical (unpaired) electrons. The molecule has 1 fully saturated rings. The van der Waals surface area contributed by atoms with E-state index in [1.165, 1.54) is 0 Å². The van der Waals surface area contributed by atoms with Gasteiger partial charge in [-0.2, -0.15) is 0 Å². The Morgan fingerprint density at radius 3 is 2.75 bits per heavy atom. The maximum Gasteiger partial charge on any atom is 0.251 e. The van der Waals surface area contributed by atoms with Crippen LogP contribution >= 0.6 is 0 Å². The van der Waals surface area contributed by atoms with Gasteiger partial charge in [0.1, 0.15) is 0 Å². The Labute approximate surface area is 118 Å². The van der Waals surface area contributed by atoms with Crippen LogP contribution < -0.4 is 21.7 Å². The van der Waals surface area contributed by atoms with Gasteiger partial charge in [0.15, 0.2) is 0 Å². The molecule has 5 N–H and O–H groups in total. The second kappa shape index (κ2) is 5.81. The Bertz CT molecular complexity index is 530. The van der Waals surface area contributed by atoms with Crippen molar-refractivity contribution < 1.29 is 9.59 Å². The van der Waals surface area contributed by atoms with Gasteiger partial charge in [0.25, 0.3) is 5.91 Å². The molecule has 0 saturated carbocycles. The summed E-state index contributed by atoms with van der Waals surface area (Å²) >= 11 is 0. The van der Waals surface area contributed by atoms with E-state index in [2.05, 4.69) is 10.2 Å². The average Bonchev–Trinajstić information content (AvgIpc) is 2.46. The zero-order valence-electron chi connectivity index (χ0n) is 11.6. The van der Waals surface area contributed by atoms with Gasteiger partial charge in [0.05, 0.1) is 17.3 Å². The highest BCUT2D eigenvalue weighted by Gasteiger charge is 2.25. The molecule has 2 amide bonds. The SMILES string of the molecule is CNC(=O)c1ccc(N2CCCC(C(N)=O)C2)c(N)c1. The normalized spacial score (nSPS) is 18.6. The number of benzene rings is 1. The van der Waals surface area contributed by atoms with Crippen molar-refractivity contribution in [2.24, 2.45) is 11.7 Å². The molecule has 1 aromatic carbocycles. The predicted octanol–water partition coefficient (Wildman–Crippen LogP) is 0.330. The van der Waals surface area contributed by atoms with Crippen molar-refractivity contribution in [2.75, 3.05) is 30.8 Å². The molecule has 2 rings (SSSR count). The molecule has 1 aromatic rings. The van der Waals surface area contributed by atoms with Gasteiger partial charge < -0.3 is 21.7 Å². The molecule has 0 spiro atoms. The van der Waals surface area contributed by atoms with Crippen LogP contribution in [-0.4, -0.2) is 32.0 Å². The second-order valence-electron chi connectivity index (χ2n) is 5.04. The van der Waals surface area contributed by atoms with Gasteiger partial charge in [0.2, 0.25) is 5.91 Å². The number of nitrogen functional groups attached to an aromatic ring is 1. The fourth-order valence-corrected chi connectivity index (χ4v) is 2.56. The van der Waals surface area contributed by atoms with Crippen molar-refractivity contribution in [3.8, 4) is 0 Å². The maximum absolute atomic E-state index is 11.6. The number of piperidine rings is 1. The first-order chi connectivity index (χ1) is 9.52. The minimum Gasteiger partial charge on any atom is -0.397 e. The molecule has 0 aliphatic carbocycles. The van der Waals surface area contributed by atoms with E-state index >= 15 is 0 Å². The van der Waals surface area contributed by atoms with Gasteiger partial charge >= 0.3 is 0 Å². The van der Waals surface area contributed by atoms with Crippen LogP contribution in [0, 0.1) is 5.92 Å². The fourth-order valence-electron chi connectivity index (χ4n) is 2.56. The van der Waals surface area contributed by atoms with Crippen LogP contribution in [0.2, 0.25) is 0 Å². The quantitative estimate of drug-likeness (QED) is 0.692. The van der Waals surface area contributed by atoms with E-state index in [9.17, 15) is 9.59 Å². The molecular weight excluding hydrogens is 256 g/mol. The summed E-state index contributed by atoms with van der Waals surface area (Å²) < 4.78 is 0. The number of primary amides is 1. The first kappa shape index (κ1) is 14.2. The number of nitrogens with two attached hydrogens (primary N) is 2. The van der Waals surface area contributed by atoms with Gasteiger partial charge in [-0.05, 0) is 31.0 Å². The van der Waals surface area contributed by atoms with Crippen molar-refractivity contribution in [3.63, 3.8) is 0 Å². The number of nitrogens with zero attached hydrogens (tertiary/aromatic N) is 1. The summed E-state index contributed by atoms with van der Waals surface area (Å²) in [7, 11) is 1.58. The third kappa shape index (κ3) is 2.84. The topological polar surface area (TPSA) is 101 Å². The van der Waals surface area contributed by atoms with Gasteiger partial charge in [-0.3, -0.25) is 9.59 Å². The first-order valence-corrected chi connectivity index (χ1v) is 6.68. The van der Waals surface area contributed by atoms with Crippen LogP contribution in [-0.2, 0) is 4.79 Å². The van der Waals surface area contributed by atoms with Crippen LogP contribution in [0.25, 0.3) is 0 Å². The zero-order valence-corrected chi connectivity index (χ0v) is 11.6. The van der Waals surface area contributed by atoms with E-state index in [-0.39, 0.29) is 17.7 Å². The number of carbonyl (C=O) groups is 2. The smallest absolute Gasteiger partial charge is 0.251 e. The van der Waals surface area contributed by atoms with E-state index in [1.807, 2.05) is 6.07 Å². The predicted molar refractivity (Wildman–Crippen MR) is 78.4 cm³/mol. The Morgan fingerprint density at radius 1 is 1.40 bits per heavy atom. The van der Waals surface area contributed by atoms with E-state index in [0.29, 0.717) is 17.8 Å². The molecule has 1 aliphatic rings. The molecule has 1 aliphatic heterocycles. The lowest BCUT2D eigenvalue weighted by Gasteiger charge is -2.33. The molecule has 0 aromatic heterocycles. The molecule has 0 bridgehead atoms. The number of hydrogen-bond donors (Lipinski definition) is 3. The van der Waals surface area contributed by atoms with E-state index in [1.54, 1.807) is 19.2 Å². The number of nitrogens with one attached hydrogen (secondary N) is 1. The Balaban J connectivity index is 2.20. The summed E-state index contributed by atoms with van der Waals surface area (Å²) in [6.45, 7) is 1.42. The standard InChI is InChI=1S/C14H20N4O2/c1-17-14(20)9-4-5-12(11(15)7-9)18-6-2-3-10(8-18)13(16)19/h4-5,7,10H,2-3,6,8,15H2,1H3,(H2,16,19)(H,17,20). The van der Waals surface area contributed by atoms with Crippen molar-refractivity contribution in [3.05, 3.63) is 23.8 Å². The fraction of sp³-hybridized carbons (Fsp3) is 0.429. The molecule has 108 valence electrons. The summed E-state index contributed by atoms with van der Waals surface area (Å²) in [6.07, 6.45) is 1.73. The highest BCUT2D eigenvalue weighted by atomic mass is 16.2. The summed E-state index contributed by atoms with van der Waals surface area (Å²) in [4.78, 5) is 24.9. The van der Waals surface area contributed by atoms with E-state index in [4.69, 9.17) is 11.5 Å². The van der Waals surface area contributed by atoms with Crippen molar-refractivity contribution >= 4 is 23.2 Å². The summed E-state index contributed by atoms with van der Waals surface area (Å²) in [5.41, 5.74) is 13.3. The van der Waals surface area contributed by atoms with Crippen molar-refractivity contribution in [1.29, 1.82) is 0 Å². The Hall–Kier alpha value is -2.24. The molecule has 1 atom stereocenters. The Morgan fingerprint density at radius 2 is 2.15 bits per heavy atom.